The summed E-state index contributed by atoms with van der Waals surface area (Å²) >= 11 is 0. The molecule has 1 aromatic heterocycles. The van der Waals surface area contributed by atoms with Crippen LogP contribution in [0.2, 0.25) is 0 Å². The van der Waals surface area contributed by atoms with Crippen molar-refractivity contribution in [2.75, 3.05) is 38.1 Å². The zero-order valence-electron chi connectivity index (χ0n) is 21.0. The van der Waals surface area contributed by atoms with Crippen LogP contribution in [0.3, 0.4) is 0 Å². The number of likely N-dealkylation sites (N-methyl/N-ethyl adjacent to an activating group) is 1. The fourth-order valence-electron chi connectivity index (χ4n) is 3.68. The summed E-state index contributed by atoms with van der Waals surface area (Å²) in [6, 6.07) is 17.4. The standard InChI is InChI=1S/C27H33N5O4/c1-4-31(5-2)17-16-28-26(34)22-12-10-21(11-13-22)24-14-15-25(33)32(30-24)19-20-8-7-9-23(18-20)29-27(35)36-6-3/h7-15,18H,4-6,16-17,19H2,1-3H3,(H,28,34)(H,29,35). The van der Waals surface area contributed by atoms with Crippen molar-refractivity contribution in [3.63, 3.8) is 0 Å². The van der Waals surface area contributed by atoms with Crippen LogP contribution in [0.4, 0.5) is 10.5 Å². The quantitative estimate of drug-likeness (QED) is 0.425. The van der Waals surface area contributed by atoms with Gasteiger partial charge in [-0.3, -0.25) is 14.9 Å². The molecule has 0 unspecified atom stereocenters. The van der Waals surface area contributed by atoms with Crippen LogP contribution in [0.15, 0.2) is 65.5 Å². The van der Waals surface area contributed by atoms with E-state index in [9.17, 15) is 14.4 Å². The van der Waals surface area contributed by atoms with Crippen molar-refractivity contribution in [3.8, 4) is 11.3 Å². The van der Waals surface area contributed by atoms with Gasteiger partial charge in [-0.1, -0.05) is 38.1 Å². The predicted octanol–water partition coefficient (Wildman–Crippen LogP) is 3.60. The van der Waals surface area contributed by atoms with Gasteiger partial charge in [0, 0.05) is 36.0 Å². The number of carbonyl (C=O) groups is 2. The third-order valence-electron chi connectivity index (χ3n) is 5.70. The number of nitrogens with zero attached hydrogens (tertiary/aromatic N) is 3. The van der Waals surface area contributed by atoms with Crippen molar-refractivity contribution in [3.05, 3.63) is 82.1 Å². The number of amides is 2. The van der Waals surface area contributed by atoms with Crippen molar-refractivity contribution in [1.29, 1.82) is 0 Å². The molecule has 190 valence electrons. The molecule has 0 saturated heterocycles. The summed E-state index contributed by atoms with van der Waals surface area (Å²) in [4.78, 5) is 38.8. The van der Waals surface area contributed by atoms with Gasteiger partial charge >= 0.3 is 6.09 Å². The predicted molar refractivity (Wildman–Crippen MR) is 140 cm³/mol. The van der Waals surface area contributed by atoms with Crippen molar-refractivity contribution in [2.24, 2.45) is 0 Å². The molecule has 0 atom stereocenters. The van der Waals surface area contributed by atoms with Gasteiger partial charge in [0.2, 0.25) is 0 Å². The molecule has 1 heterocycles. The van der Waals surface area contributed by atoms with E-state index in [0.717, 1.165) is 30.8 Å². The maximum absolute atomic E-state index is 12.5. The van der Waals surface area contributed by atoms with Gasteiger partial charge in [0.05, 0.1) is 18.8 Å². The first-order valence-corrected chi connectivity index (χ1v) is 12.1. The molecule has 2 amide bonds. The minimum atomic E-state index is -0.534. The lowest BCUT2D eigenvalue weighted by atomic mass is 10.1. The van der Waals surface area contributed by atoms with Crippen molar-refractivity contribution < 1.29 is 14.3 Å². The van der Waals surface area contributed by atoms with E-state index in [1.165, 1.54) is 10.7 Å². The average molecular weight is 492 g/mol. The average Bonchev–Trinajstić information content (AvgIpc) is 2.88. The molecule has 0 bridgehead atoms. The van der Waals surface area contributed by atoms with Gasteiger partial charge in [0.1, 0.15) is 0 Å². The van der Waals surface area contributed by atoms with Crippen molar-refractivity contribution in [1.82, 2.24) is 20.0 Å². The van der Waals surface area contributed by atoms with E-state index in [4.69, 9.17) is 4.74 Å². The van der Waals surface area contributed by atoms with Gasteiger partial charge in [-0.05, 0) is 55.9 Å². The number of anilines is 1. The highest BCUT2D eigenvalue weighted by atomic mass is 16.5. The van der Waals surface area contributed by atoms with Crippen molar-refractivity contribution in [2.45, 2.75) is 27.3 Å². The number of carbonyl (C=O) groups excluding carboxylic acids is 2. The van der Waals surface area contributed by atoms with E-state index >= 15 is 0 Å². The largest absolute Gasteiger partial charge is 0.450 e. The Bertz CT molecular complexity index is 1220. The van der Waals surface area contributed by atoms with Crippen LogP contribution in [0.5, 0.6) is 0 Å². The van der Waals surface area contributed by atoms with E-state index in [1.54, 1.807) is 43.3 Å². The number of nitrogens with one attached hydrogen (secondary N) is 2. The Labute approximate surface area is 211 Å². The molecule has 9 heteroatoms. The molecular weight excluding hydrogens is 458 g/mol. The molecule has 0 aliphatic carbocycles. The van der Waals surface area contributed by atoms with E-state index in [2.05, 4.69) is 34.5 Å². The van der Waals surface area contributed by atoms with Crippen LogP contribution >= 0.6 is 0 Å². The number of hydrogen-bond acceptors (Lipinski definition) is 6. The van der Waals surface area contributed by atoms with Crippen LogP contribution in [0.1, 0.15) is 36.7 Å². The SMILES string of the molecule is CCOC(=O)Nc1cccc(Cn2nc(-c3ccc(C(=O)NCCN(CC)CC)cc3)ccc2=O)c1. The molecule has 0 spiro atoms. The van der Waals surface area contributed by atoms with Crippen LogP contribution in [-0.2, 0) is 11.3 Å². The van der Waals surface area contributed by atoms with Gasteiger partial charge in [-0.15, -0.1) is 0 Å². The molecule has 0 saturated carbocycles. The minimum Gasteiger partial charge on any atom is -0.450 e. The molecule has 2 aromatic carbocycles. The maximum Gasteiger partial charge on any atom is 0.411 e. The minimum absolute atomic E-state index is 0.122. The zero-order chi connectivity index (χ0) is 25.9. The van der Waals surface area contributed by atoms with Crippen LogP contribution < -0.4 is 16.2 Å². The van der Waals surface area contributed by atoms with Gasteiger partial charge < -0.3 is 15.0 Å². The van der Waals surface area contributed by atoms with Crippen LogP contribution in [-0.4, -0.2) is 59.5 Å². The zero-order valence-corrected chi connectivity index (χ0v) is 21.0. The lowest BCUT2D eigenvalue weighted by Gasteiger charge is -2.17. The van der Waals surface area contributed by atoms with E-state index in [-0.39, 0.29) is 24.6 Å². The Morgan fingerprint density at radius 1 is 1.00 bits per heavy atom. The fraction of sp³-hybridized carbons (Fsp3) is 0.333. The second-order valence-electron chi connectivity index (χ2n) is 8.12. The molecule has 3 rings (SSSR count). The molecule has 0 aliphatic rings. The molecule has 0 radical (unpaired) electrons. The molecular formula is C27H33N5O4. The highest BCUT2D eigenvalue weighted by Gasteiger charge is 2.09. The molecule has 0 fully saturated rings. The summed E-state index contributed by atoms with van der Waals surface area (Å²) in [5.74, 6) is -0.122. The number of ether oxygens (including phenoxy) is 1. The number of benzene rings is 2. The summed E-state index contributed by atoms with van der Waals surface area (Å²) in [7, 11) is 0. The molecule has 0 aliphatic heterocycles. The third-order valence-corrected chi connectivity index (χ3v) is 5.70. The second kappa shape index (κ2) is 13.2. The first kappa shape index (κ1) is 26.6. The summed E-state index contributed by atoms with van der Waals surface area (Å²) in [5.41, 5.74) is 3.10. The van der Waals surface area contributed by atoms with E-state index in [1.807, 2.05) is 18.2 Å². The Balaban J connectivity index is 1.68. The summed E-state index contributed by atoms with van der Waals surface area (Å²) in [5, 5.41) is 10.1. The number of hydrogen-bond donors (Lipinski definition) is 2. The Kier molecular flexibility index (Phi) is 9.76. The Morgan fingerprint density at radius 3 is 2.44 bits per heavy atom. The van der Waals surface area contributed by atoms with E-state index in [0.29, 0.717) is 23.5 Å². The first-order chi connectivity index (χ1) is 17.4. The first-order valence-electron chi connectivity index (χ1n) is 12.1. The highest BCUT2D eigenvalue weighted by molar-refractivity contribution is 5.94. The maximum atomic E-state index is 12.5. The smallest absolute Gasteiger partial charge is 0.411 e. The third kappa shape index (κ3) is 7.51. The molecule has 36 heavy (non-hydrogen) atoms. The lowest BCUT2D eigenvalue weighted by molar-refractivity contribution is 0.0949. The van der Waals surface area contributed by atoms with Crippen molar-refractivity contribution >= 4 is 17.7 Å². The van der Waals surface area contributed by atoms with Crippen LogP contribution in [0, 0.1) is 0 Å². The van der Waals surface area contributed by atoms with Gasteiger partial charge in [-0.2, -0.15) is 5.10 Å². The molecule has 2 N–H and O–H groups in total. The lowest BCUT2D eigenvalue weighted by Crippen LogP contribution is -2.34. The topological polar surface area (TPSA) is 106 Å². The Hall–Kier alpha value is -3.98. The van der Waals surface area contributed by atoms with Gasteiger partial charge in [0.15, 0.2) is 0 Å². The van der Waals surface area contributed by atoms with Gasteiger partial charge in [0.25, 0.3) is 11.5 Å². The summed E-state index contributed by atoms with van der Waals surface area (Å²) in [6.45, 7) is 9.74. The summed E-state index contributed by atoms with van der Waals surface area (Å²) < 4.78 is 6.27. The molecule has 3 aromatic rings. The number of rotatable bonds is 11. The summed E-state index contributed by atoms with van der Waals surface area (Å²) in [6.07, 6.45) is -0.534. The number of aromatic nitrogens is 2. The van der Waals surface area contributed by atoms with Crippen LogP contribution in [0.25, 0.3) is 11.3 Å². The molecule has 9 nitrogen and oxygen atoms in total. The fourth-order valence-corrected chi connectivity index (χ4v) is 3.68. The second-order valence-corrected chi connectivity index (χ2v) is 8.12. The monoisotopic (exact) mass is 491 g/mol. The van der Waals surface area contributed by atoms with E-state index < -0.39 is 6.09 Å². The normalized spacial score (nSPS) is 10.8. The van der Waals surface area contributed by atoms with Gasteiger partial charge in [-0.25, -0.2) is 9.48 Å². The Morgan fingerprint density at radius 2 is 1.75 bits per heavy atom. The highest BCUT2D eigenvalue weighted by Crippen LogP contribution is 2.17.